The van der Waals surface area contributed by atoms with E-state index in [1.807, 2.05) is 24.3 Å². The monoisotopic (exact) mass is 445 g/mol. The smallest absolute Gasteiger partial charge is 0.243 e. The highest BCUT2D eigenvalue weighted by Gasteiger charge is 2.33. The first-order chi connectivity index (χ1) is 14.9. The first-order valence-electron chi connectivity index (χ1n) is 10.9. The zero-order valence-corrected chi connectivity index (χ0v) is 18.3. The summed E-state index contributed by atoms with van der Waals surface area (Å²) in [5, 5.41) is 3.05. The normalized spacial score (nSPS) is 20.4. The highest BCUT2D eigenvalue weighted by atomic mass is 32.2. The quantitative estimate of drug-likeness (QED) is 0.759. The second-order valence-corrected chi connectivity index (χ2v) is 10.1. The largest absolute Gasteiger partial charge is 0.370 e. The van der Waals surface area contributed by atoms with E-state index in [1.165, 1.54) is 22.9 Å². The van der Waals surface area contributed by atoms with Crippen LogP contribution in [0.4, 0.5) is 15.8 Å². The minimum Gasteiger partial charge on any atom is -0.370 e. The molecule has 2 heterocycles. The number of para-hydroxylation sites is 2. The van der Waals surface area contributed by atoms with Crippen LogP contribution in [-0.2, 0) is 14.8 Å². The molecule has 1 amide bonds. The van der Waals surface area contributed by atoms with E-state index in [1.54, 1.807) is 0 Å². The standard InChI is InChI=1S/C23H28FN3O3S/c24-19-10-12-20(13-11-19)31(29,30)27-16-6-7-18(17-27)23(28)25-21-8-2-3-9-22(21)26-14-4-1-5-15-26/h2-3,8-13,18H,1,4-7,14-17H2,(H,25,28). The van der Waals surface area contributed by atoms with E-state index in [9.17, 15) is 17.6 Å². The van der Waals surface area contributed by atoms with Crippen LogP contribution in [0.3, 0.4) is 0 Å². The van der Waals surface area contributed by atoms with Crippen LogP contribution in [0.5, 0.6) is 0 Å². The number of piperidine rings is 2. The Hall–Kier alpha value is -2.45. The van der Waals surface area contributed by atoms with Crippen molar-refractivity contribution in [1.82, 2.24) is 4.31 Å². The van der Waals surface area contributed by atoms with Gasteiger partial charge >= 0.3 is 0 Å². The molecule has 2 fully saturated rings. The third-order valence-corrected chi connectivity index (χ3v) is 7.94. The Morgan fingerprint density at radius 3 is 2.39 bits per heavy atom. The summed E-state index contributed by atoms with van der Waals surface area (Å²) >= 11 is 0. The molecule has 1 atom stereocenters. The molecular weight excluding hydrogens is 417 g/mol. The molecule has 0 radical (unpaired) electrons. The van der Waals surface area contributed by atoms with Gasteiger partial charge in [0.15, 0.2) is 0 Å². The van der Waals surface area contributed by atoms with Crippen molar-refractivity contribution in [3.8, 4) is 0 Å². The molecule has 2 aliphatic heterocycles. The minimum atomic E-state index is -3.76. The number of amides is 1. The highest BCUT2D eigenvalue weighted by molar-refractivity contribution is 7.89. The van der Waals surface area contributed by atoms with E-state index in [0.717, 1.165) is 49.4 Å². The maximum absolute atomic E-state index is 13.2. The SMILES string of the molecule is O=C(Nc1ccccc1N1CCCCC1)C1CCCN(S(=O)(=O)c2ccc(F)cc2)C1. The van der Waals surface area contributed by atoms with E-state index >= 15 is 0 Å². The van der Waals surface area contributed by atoms with Crippen molar-refractivity contribution >= 4 is 27.3 Å². The van der Waals surface area contributed by atoms with E-state index in [4.69, 9.17) is 0 Å². The fourth-order valence-electron chi connectivity index (χ4n) is 4.36. The molecule has 0 aromatic heterocycles. The molecule has 4 rings (SSSR count). The molecule has 0 aliphatic carbocycles. The number of carbonyl (C=O) groups excluding carboxylic acids is 1. The van der Waals surface area contributed by atoms with Gasteiger partial charge in [0.25, 0.3) is 0 Å². The molecule has 2 aromatic carbocycles. The summed E-state index contributed by atoms with van der Waals surface area (Å²) in [4.78, 5) is 15.4. The Labute approximate surface area is 183 Å². The molecule has 8 heteroatoms. The summed E-state index contributed by atoms with van der Waals surface area (Å²) in [5.74, 6) is -1.08. The van der Waals surface area contributed by atoms with Crippen LogP contribution in [0.25, 0.3) is 0 Å². The van der Waals surface area contributed by atoms with Gasteiger partial charge in [0.2, 0.25) is 15.9 Å². The highest BCUT2D eigenvalue weighted by Crippen LogP contribution is 2.30. The summed E-state index contributed by atoms with van der Waals surface area (Å²) in [7, 11) is -3.76. The fraction of sp³-hybridized carbons (Fsp3) is 0.435. The summed E-state index contributed by atoms with van der Waals surface area (Å²) < 4.78 is 40.4. The number of sulfonamides is 1. The number of rotatable bonds is 5. The van der Waals surface area contributed by atoms with Gasteiger partial charge in [-0.2, -0.15) is 4.31 Å². The number of anilines is 2. The summed E-state index contributed by atoms with van der Waals surface area (Å²) in [5.41, 5.74) is 1.79. The molecule has 6 nitrogen and oxygen atoms in total. The van der Waals surface area contributed by atoms with Crippen molar-refractivity contribution in [3.05, 3.63) is 54.3 Å². The van der Waals surface area contributed by atoms with Crippen molar-refractivity contribution < 1.29 is 17.6 Å². The van der Waals surface area contributed by atoms with Crippen LogP contribution >= 0.6 is 0 Å². The van der Waals surface area contributed by atoms with Crippen LogP contribution in [-0.4, -0.2) is 44.8 Å². The predicted octanol–water partition coefficient (Wildman–Crippen LogP) is 3.86. The van der Waals surface area contributed by atoms with E-state index < -0.39 is 21.8 Å². The molecule has 0 saturated carbocycles. The Bertz CT molecular complexity index is 1020. The molecule has 0 bridgehead atoms. The molecule has 1 unspecified atom stereocenters. The lowest BCUT2D eigenvalue weighted by Crippen LogP contribution is -2.43. The molecule has 2 aromatic rings. The van der Waals surface area contributed by atoms with Crippen molar-refractivity contribution in [2.24, 2.45) is 5.92 Å². The average Bonchev–Trinajstić information content (AvgIpc) is 2.80. The Kier molecular flexibility index (Phi) is 6.57. The summed E-state index contributed by atoms with van der Waals surface area (Å²) in [6, 6.07) is 12.6. The molecule has 31 heavy (non-hydrogen) atoms. The van der Waals surface area contributed by atoms with Crippen LogP contribution in [0.15, 0.2) is 53.4 Å². The second-order valence-electron chi connectivity index (χ2n) is 8.21. The minimum absolute atomic E-state index is 0.0467. The average molecular weight is 446 g/mol. The van der Waals surface area contributed by atoms with E-state index in [-0.39, 0.29) is 17.3 Å². The summed E-state index contributed by atoms with van der Waals surface area (Å²) in [6.07, 6.45) is 4.74. The first-order valence-corrected chi connectivity index (χ1v) is 12.3. The number of hydrogen-bond acceptors (Lipinski definition) is 4. The number of nitrogens with zero attached hydrogens (tertiary/aromatic N) is 2. The van der Waals surface area contributed by atoms with E-state index in [0.29, 0.717) is 19.4 Å². The Morgan fingerprint density at radius 1 is 0.935 bits per heavy atom. The Balaban J connectivity index is 1.47. The summed E-state index contributed by atoms with van der Waals surface area (Å²) in [6.45, 7) is 2.42. The topological polar surface area (TPSA) is 69.7 Å². The second kappa shape index (κ2) is 9.36. The van der Waals surface area contributed by atoms with Crippen molar-refractivity contribution in [2.45, 2.75) is 37.0 Å². The third kappa shape index (κ3) is 4.91. The maximum atomic E-state index is 13.2. The van der Waals surface area contributed by atoms with E-state index in [2.05, 4.69) is 10.2 Å². The number of carbonyl (C=O) groups is 1. The predicted molar refractivity (Wildman–Crippen MR) is 119 cm³/mol. The van der Waals surface area contributed by atoms with Gasteiger partial charge in [-0.15, -0.1) is 0 Å². The number of halogens is 1. The van der Waals surface area contributed by atoms with Gasteiger partial charge in [-0.05, 0) is 68.5 Å². The Morgan fingerprint density at radius 2 is 1.65 bits per heavy atom. The number of benzene rings is 2. The van der Waals surface area contributed by atoms with Gasteiger partial charge in [-0.3, -0.25) is 4.79 Å². The van der Waals surface area contributed by atoms with Crippen molar-refractivity contribution in [1.29, 1.82) is 0 Å². The lowest BCUT2D eigenvalue weighted by Gasteiger charge is -2.33. The molecule has 2 aliphatic rings. The van der Waals surface area contributed by atoms with Crippen molar-refractivity contribution in [2.75, 3.05) is 36.4 Å². The number of hydrogen-bond donors (Lipinski definition) is 1. The van der Waals surface area contributed by atoms with Gasteiger partial charge in [0.05, 0.1) is 22.2 Å². The van der Waals surface area contributed by atoms with Gasteiger partial charge in [0, 0.05) is 26.2 Å². The van der Waals surface area contributed by atoms with Crippen LogP contribution < -0.4 is 10.2 Å². The van der Waals surface area contributed by atoms with Crippen LogP contribution in [0, 0.1) is 11.7 Å². The van der Waals surface area contributed by atoms with Crippen molar-refractivity contribution in [3.63, 3.8) is 0 Å². The lowest BCUT2D eigenvalue weighted by atomic mass is 9.98. The van der Waals surface area contributed by atoms with Crippen LogP contribution in [0.1, 0.15) is 32.1 Å². The third-order valence-electron chi connectivity index (χ3n) is 6.06. The zero-order valence-electron chi connectivity index (χ0n) is 17.5. The van der Waals surface area contributed by atoms with Gasteiger partial charge in [0.1, 0.15) is 5.82 Å². The molecule has 2 saturated heterocycles. The lowest BCUT2D eigenvalue weighted by molar-refractivity contribution is -0.120. The van der Waals surface area contributed by atoms with Gasteiger partial charge < -0.3 is 10.2 Å². The van der Waals surface area contributed by atoms with Gasteiger partial charge in [-0.1, -0.05) is 12.1 Å². The van der Waals surface area contributed by atoms with Crippen LogP contribution in [0.2, 0.25) is 0 Å². The molecule has 166 valence electrons. The molecule has 0 spiro atoms. The van der Waals surface area contributed by atoms with Gasteiger partial charge in [-0.25, -0.2) is 12.8 Å². The zero-order chi connectivity index (χ0) is 21.8. The molecular formula is C23H28FN3O3S. The molecule has 1 N–H and O–H groups in total. The fourth-order valence-corrected chi connectivity index (χ4v) is 5.88. The maximum Gasteiger partial charge on any atom is 0.243 e. The first kappa shape index (κ1) is 21.8. The number of nitrogens with one attached hydrogen (secondary N) is 1.